The van der Waals surface area contributed by atoms with Gasteiger partial charge >= 0.3 is 6.18 Å². The molecule has 1 fully saturated rings. The van der Waals surface area contributed by atoms with Crippen molar-refractivity contribution < 1.29 is 22.8 Å². The Morgan fingerprint density at radius 3 is 2.37 bits per heavy atom. The van der Waals surface area contributed by atoms with Crippen LogP contribution in [0, 0.1) is 0 Å². The van der Waals surface area contributed by atoms with E-state index in [0.717, 1.165) is 25.9 Å². The minimum atomic E-state index is -4.33. The highest BCUT2D eigenvalue weighted by molar-refractivity contribution is 5.80. The monoisotopic (exact) mass is 281 g/mol. The minimum Gasteiger partial charge on any atom is -0.354 e. The van der Waals surface area contributed by atoms with Crippen molar-refractivity contribution in [2.24, 2.45) is 0 Å². The Morgan fingerprint density at radius 1 is 1.16 bits per heavy atom. The topological polar surface area (TPSA) is 61.4 Å². The second-order valence-corrected chi connectivity index (χ2v) is 4.41. The number of amides is 2. The van der Waals surface area contributed by atoms with E-state index in [1.165, 1.54) is 0 Å². The van der Waals surface area contributed by atoms with Crippen molar-refractivity contribution in [2.75, 3.05) is 32.7 Å². The number of likely N-dealkylation sites (tertiary alicyclic amines) is 1. The number of hydrogen-bond donors (Lipinski definition) is 2. The van der Waals surface area contributed by atoms with Gasteiger partial charge in [0.25, 0.3) is 0 Å². The van der Waals surface area contributed by atoms with Gasteiger partial charge in [0.05, 0.1) is 13.1 Å². The number of nitrogens with one attached hydrogen (secondary N) is 2. The van der Waals surface area contributed by atoms with Gasteiger partial charge in [-0.25, -0.2) is 0 Å². The van der Waals surface area contributed by atoms with Crippen LogP contribution in [0.1, 0.15) is 19.3 Å². The maximum absolute atomic E-state index is 11.8. The third-order valence-corrected chi connectivity index (χ3v) is 2.73. The molecule has 5 nitrogen and oxygen atoms in total. The van der Waals surface area contributed by atoms with E-state index < -0.39 is 25.2 Å². The summed E-state index contributed by atoms with van der Waals surface area (Å²) in [5.41, 5.74) is 0. The fourth-order valence-electron chi connectivity index (χ4n) is 1.81. The molecule has 2 N–H and O–H groups in total. The predicted molar refractivity (Wildman–Crippen MR) is 62.4 cm³/mol. The summed E-state index contributed by atoms with van der Waals surface area (Å²) in [6.07, 6.45) is -2.14. The van der Waals surface area contributed by atoms with Crippen molar-refractivity contribution in [3.8, 4) is 0 Å². The molecule has 110 valence electrons. The van der Waals surface area contributed by atoms with Gasteiger partial charge in [-0.1, -0.05) is 0 Å². The SMILES string of the molecule is O=C(CNCC(F)(F)F)NCCC(=O)N1CCCC1. The Kier molecular flexibility index (Phi) is 6.07. The van der Waals surface area contributed by atoms with Gasteiger partial charge in [0.15, 0.2) is 0 Å². The molecular weight excluding hydrogens is 263 g/mol. The Labute approximate surface area is 109 Å². The Morgan fingerprint density at radius 2 is 1.79 bits per heavy atom. The zero-order valence-corrected chi connectivity index (χ0v) is 10.6. The van der Waals surface area contributed by atoms with Crippen LogP contribution in [0.2, 0.25) is 0 Å². The summed E-state index contributed by atoms with van der Waals surface area (Å²) in [5, 5.41) is 4.39. The molecule has 0 aromatic carbocycles. The summed E-state index contributed by atoms with van der Waals surface area (Å²) in [5.74, 6) is -0.570. The van der Waals surface area contributed by atoms with Crippen molar-refractivity contribution in [2.45, 2.75) is 25.4 Å². The second-order valence-electron chi connectivity index (χ2n) is 4.41. The first-order chi connectivity index (χ1) is 8.88. The molecule has 0 atom stereocenters. The Hall–Kier alpha value is -1.31. The zero-order chi connectivity index (χ0) is 14.3. The van der Waals surface area contributed by atoms with Crippen LogP contribution in [0.15, 0.2) is 0 Å². The van der Waals surface area contributed by atoms with E-state index >= 15 is 0 Å². The molecule has 0 spiro atoms. The maximum atomic E-state index is 11.8. The lowest BCUT2D eigenvalue weighted by molar-refractivity contribution is -0.130. The third kappa shape index (κ3) is 7.00. The molecule has 1 rings (SSSR count). The van der Waals surface area contributed by atoms with Crippen LogP contribution in [0.5, 0.6) is 0 Å². The molecule has 19 heavy (non-hydrogen) atoms. The molecule has 0 aromatic heterocycles. The van der Waals surface area contributed by atoms with Gasteiger partial charge in [0, 0.05) is 26.1 Å². The van der Waals surface area contributed by atoms with Crippen molar-refractivity contribution in [3.05, 3.63) is 0 Å². The van der Waals surface area contributed by atoms with Gasteiger partial charge in [-0.2, -0.15) is 13.2 Å². The first kappa shape index (κ1) is 15.7. The van der Waals surface area contributed by atoms with Crippen LogP contribution in [-0.4, -0.2) is 55.6 Å². The highest BCUT2D eigenvalue weighted by Crippen LogP contribution is 2.11. The van der Waals surface area contributed by atoms with E-state index in [-0.39, 0.29) is 18.9 Å². The normalized spacial score (nSPS) is 15.6. The summed E-state index contributed by atoms with van der Waals surface area (Å²) >= 11 is 0. The summed E-state index contributed by atoms with van der Waals surface area (Å²) in [6.45, 7) is 0.0479. The zero-order valence-electron chi connectivity index (χ0n) is 10.6. The summed E-state index contributed by atoms with van der Waals surface area (Å²) in [6, 6.07) is 0. The molecule has 0 saturated carbocycles. The van der Waals surface area contributed by atoms with E-state index in [9.17, 15) is 22.8 Å². The lowest BCUT2D eigenvalue weighted by Gasteiger charge is -2.15. The molecule has 1 saturated heterocycles. The summed E-state index contributed by atoms with van der Waals surface area (Å²) in [4.78, 5) is 24.5. The minimum absolute atomic E-state index is 0.0268. The number of carbonyl (C=O) groups is 2. The maximum Gasteiger partial charge on any atom is 0.401 e. The molecule has 1 heterocycles. The van der Waals surface area contributed by atoms with Gasteiger partial charge in [0.1, 0.15) is 0 Å². The number of halogens is 3. The van der Waals surface area contributed by atoms with Gasteiger partial charge < -0.3 is 15.5 Å². The van der Waals surface area contributed by atoms with Crippen molar-refractivity contribution in [1.29, 1.82) is 0 Å². The molecule has 0 unspecified atom stereocenters. The van der Waals surface area contributed by atoms with Crippen LogP contribution in [0.3, 0.4) is 0 Å². The molecule has 1 aliphatic rings. The van der Waals surface area contributed by atoms with Gasteiger partial charge in [-0.05, 0) is 12.8 Å². The Balaban J connectivity index is 2.05. The second kappa shape index (κ2) is 7.32. The third-order valence-electron chi connectivity index (χ3n) is 2.73. The fraction of sp³-hybridized carbons (Fsp3) is 0.818. The predicted octanol–water partition coefficient (Wildman–Crippen LogP) is 0.267. The van der Waals surface area contributed by atoms with E-state index in [2.05, 4.69) is 5.32 Å². The van der Waals surface area contributed by atoms with E-state index in [0.29, 0.717) is 0 Å². The van der Waals surface area contributed by atoms with E-state index in [1.54, 1.807) is 4.90 Å². The number of hydrogen-bond acceptors (Lipinski definition) is 3. The number of rotatable bonds is 6. The average Bonchev–Trinajstić information content (AvgIpc) is 2.80. The van der Waals surface area contributed by atoms with Crippen molar-refractivity contribution >= 4 is 11.8 Å². The highest BCUT2D eigenvalue weighted by Gasteiger charge is 2.26. The van der Waals surface area contributed by atoms with Crippen LogP contribution >= 0.6 is 0 Å². The fourth-order valence-corrected chi connectivity index (χ4v) is 1.81. The molecule has 0 aliphatic carbocycles. The quantitative estimate of drug-likeness (QED) is 0.734. The molecule has 0 radical (unpaired) electrons. The molecule has 1 aliphatic heterocycles. The van der Waals surface area contributed by atoms with Gasteiger partial charge in [0.2, 0.25) is 11.8 Å². The first-order valence-electron chi connectivity index (χ1n) is 6.20. The van der Waals surface area contributed by atoms with E-state index in [1.807, 2.05) is 5.32 Å². The average molecular weight is 281 g/mol. The van der Waals surface area contributed by atoms with Crippen molar-refractivity contribution in [3.63, 3.8) is 0 Å². The Bertz CT molecular complexity index is 315. The lowest BCUT2D eigenvalue weighted by Crippen LogP contribution is -2.39. The van der Waals surface area contributed by atoms with Gasteiger partial charge in [-0.15, -0.1) is 0 Å². The van der Waals surface area contributed by atoms with E-state index in [4.69, 9.17) is 0 Å². The largest absolute Gasteiger partial charge is 0.401 e. The highest BCUT2D eigenvalue weighted by atomic mass is 19.4. The number of nitrogens with zero attached hydrogens (tertiary/aromatic N) is 1. The lowest BCUT2D eigenvalue weighted by atomic mass is 10.3. The molecule has 0 aromatic rings. The van der Waals surface area contributed by atoms with Crippen LogP contribution in [0.25, 0.3) is 0 Å². The summed E-state index contributed by atoms with van der Waals surface area (Å²) in [7, 11) is 0. The number of carbonyl (C=O) groups excluding carboxylic acids is 2. The van der Waals surface area contributed by atoms with Crippen LogP contribution in [0.4, 0.5) is 13.2 Å². The standard InChI is InChI=1S/C11H18F3N3O2/c12-11(13,14)8-15-7-9(18)16-4-3-10(19)17-5-1-2-6-17/h15H,1-8H2,(H,16,18). The van der Waals surface area contributed by atoms with Crippen LogP contribution in [-0.2, 0) is 9.59 Å². The molecule has 0 bridgehead atoms. The van der Waals surface area contributed by atoms with Crippen molar-refractivity contribution in [1.82, 2.24) is 15.5 Å². The molecular formula is C11H18F3N3O2. The summed E-state index contributed by atoms with van der Waals surface area (Å²) < 4.78 is 35.4. The smallest absolute Gasteiger partial charge is 0.354 e. The van der Waals surface area contributed by atoms with Crippen LogP contribution < -0.4 is 10.6 Å². The molecule has 8 heteroatoms. The molecule has 2 amide bonds. The first-order valence-corrected chi connectivity index (χ1v) is 6.20. The number of alkyl halides is 3. The van der Waals surface area contributed by atoms with Gasteiger partial charge in [-0.3, -0.25) is 9.59 Å².